The lowest BCUT2D eigenvalue weighted by Crippen LogP contribution is -2.36. The molecule has 0 rings (SSSR count). The number of esters is 2. The van der Waals surface area contributed by atoms with E-state index in [-0.39, 0.29) is 26.2 Å². The Bertz CT molecular complexity index is 465. The molecule has 0 heterocycles. The summed E-state index contributed by atoms with van der Waals surface area (Å²) in [5.74, 6) is -4.29. The molecule has 1 unspecified atom stereocenters. The van der Waals surface area contributed by atoms with Crippen molar-refractivity contribution in [1.29, 1.82) is 0 Å². The summed E-state index contributed by atoms with van der Waals surface area (Å²) in [6.45, 7) is 1.88. The number of halogens is 3. The highest BCUT2D eigenvalue weighted by atomic mass is 80.0. The van der Waals surface area contributed by atoms with Crippen LogP contribution in [0.5, 0.6) is 0 Å². The number of amides is 1. The van der Waals surface area contributed by atoms with Crippen LogP contribution in [-0.2, 0) is 28.7 Å². The first-order valence-corrected chi connectivity index (χ1v) is 9.34. The normalized spacial score (nSPS) is 12.2. The molecule has 8 nitrogen and oxygen atoms in total. The van der Waals surface area contributed by atoms with Gasteiger partial charge in [0.25, 0.3) is 5.91 Å². The lowest BCUT2D eigenvalue weighted by Gasteiger charge is -2.15. The number of rotatable bonds is 10. The Labute approximate surface area is 164 Å². The van der Waals surface area contributed by atoms with E-state index in [2.05, 4.69) is 53.1 Å². The van der Waals surface area contributed by atoms with Crippen LogP contribution in [-0.4, -0.2) is 50.8 Å². The topological polar surface area (TPSA) is 119 Å². The minimum atomic E-state index is -1.23. The van der Waals surface area contributed by atoms with Crippen molar-refractivity contribution in [3.05, 3.63) is 0 Å². The van der Waals surface area contributed by atoms with Crippen LogP contribution in [0.4, 0.5) is 0 Å². The van der Waals surface area contributed by atoms with E-state index in [1.54, 1.807) is 0 Å². The largest absolute Gasteiger partial charge is 0.481 e. The molecule has 2 N–H and O–H groups in total. The number of carbonyl (C=O) groups is 4. The van der Waals surface area contributed by atoms with E-state index in [1.165, 1.54) is 0 Å². The maximum atomic E-state index is 11.9. The van der Waals surface area contributed by atoms with Crippen molar-refractivity contribution >= 4 is 71.6 Å². The van der Waals surface area contributed by atoms with Crippen LogP contribution in [0.25, 0.3) is 0 Å². The van der Waals surface area contributed by atoms with E-state index in [9.17, 15) is 19.2 Å². The van der Waals surface area contributed by atoms with Crippen LogP contribution in [0.15, 0.2) is 0 Å². The summed E-state index contributed by atoms with van der Waals surface area (Å²) in [6, 6.07) is 0. The van der Waals surface area contributed by atoms with Gasteiger partial charge in [0.2, 0.25) is 2.14 Å². The zero-order valence-electron chi connectivity index (χ0n) is 12.9. The average Bonchev–Trinajstić information content (AvgIpc) is 2.46. The van der Waals surface area contributed by atoms with Gasteiger partial charge in [-0.2, -0.15) is 0 Å². The van der Waals surface area contributed by atoms with E-state index in [0.29, 0.717) is 6.42 Å². The van der Waals surface area contributed by atoms with Gasteiger partial charge in [0.15, 0.2) is 0 Å². The standard InChI is InChI=1S/C13H18Br3NO7/c1-2-4-23-10(20)7-8(6-9(18)19)11(21)24-5-3-17-12(22)13(14,15)16/h8H,2-7H2,1H3,(H,17,22)(H,18,19). The molecule has 0 aromatic heterocycles. The fraction of sp³-hybridized carbons (Fsp3) is 0.692. The van der Waals surface area contributed by atoms with Crippen LogP contribution in [0.2, 0.25) is 0 Å². The van der Waals surface area contributed by atoms with Gasteiger partial charge < -0.3 is 19.9 Å². The highest BCUT2D eigenvalue weighted by Gasteiger charge is 2.29. The Kier molecular flexibility index (Phi) is 11.5. The van der Waals surface area contributed by atoms with Gasteiger partial charge in [0, 0.05) is 0 Å². The Hall–Kier alpha value is -0.680. The first-order valence-electron chi connectivity index (χ1n) is 6.97. The molecular weight excluding hydrogens is 522 g/mol. The molecule has 0 bridgehead atoms. The van der Waals surface area contributed by atoms with E-state index in [1.807, 2.05) is 6.92 Å². The number of carbonyl (C=O) groups excluding carboxylic acids is 3. The van der Waals surface area contributed by atoms with E-state index in [4.69, 9.17) is 14.6 Å². The maximum absolute atomic E-state index is 11.9. The van der Waals surface area contributed by atoms with Gasteiger partial charge in [-0.05, 0) is 54.2 Å². The van der Waals surface area contributed by atoms with Crippen LogP contribution >= 0.6 is 47.8 Å². The Balaban J connectivity index is 4.37. The lowest BCUT2D eigenvalue weighted by atomic mass is 10.0. The van der Waals surface area contributed by atoms with E-state index >= 15 is 0 Å². The van der Waals surface area contributed by atoms with Crippen LogP contribution < -0.4 is 5.32 Å². The van der Waals surface area contributed by atoms with Gasteiger partial charge in [-0.1, -0.05) is 6.92 Å². The van der Waals surface area contributed by atoms with Crippen LogP contribution in [0.3, 0.4) is 0 Å². The number of aliphatic carboxylic acids is 1. The molecule has 0 saturated carbocycles. The number of carboxylic acid groups (broad SMARTS) is 1. The maximum Gasteiger partial charge on any atom is 0.310 e. The van der Waals surface area contributed by atoms with Gasteiger partial charge >= 0.3 is 17.9 Å². The zero-order chi connectivity index (χ0) is 18.8. The summed E-state index contributed by atoms with van der Waals surface area (Å²) in [6.07, 6.45) is -0.291. The summed E-state index contributed by atoms with van der Waals surface area (Å²) >= 11 is 9.06. The molecule has 0 aromatic carbocycles. The molecule has 1 atom stereocenters. The van der Waals surface area contributed by atoms with Gasteiger partial charge in [-0.3, -0.25) is 19.2 Å². The van der Waals surface area contributed by atoms with Crippen LogP contribution in [0.1, 0.15) is 26.2 Å². The molecule has 0 aliphatic carbocycles. The molecule has 0 saturated heterocycles. The monoisotopic (exact) mass is 537 g/mol. The highest BCUT2D eigenvalue weighted by molar-refractivity contribution is 9.40. The Morgan fingerprint density at radius 1 is 1.08 bits per heavy atom. The molecule has 0 radical (unpaired) electrons. The summed E-state index contributed by atoms with van der Waals surface area (Å²) in [5.41, 5.74) is 0. The average molecular weight is 540 g/mol. The quantitative estimate of drug-likeness (QED) is 0.247. The molecule has 0 fully saturated rings. The first-order chi connectivity index (χ1) is 11.1. The first kappa shape index (κ1) is 23.3. The summed E-state index contributed by atoms with van der Waals surface area (Å²) in [7, 11) is 0. The minimum absolute atomic E-state index is 0.0230. The third kappa shape index (κ3) is 11.0. The van der Waals surface area contributed by atoms with Crippen molar-refractivity contribution in [2.45, 2.75) is 28.3 Å². The van der Waals surface area contributed by atoms with Gasteiger partial charge in [-0.25, -0.2) is 0 Å². The Morgan fingerprint density at radius 3 is 2.21 bits per heavy atom. The molecule has 1 amide bonds. The number of hydrogen-bond donors (Lipinski definition) is 2. The highest BCUT2D eigenvalue weighted by Crippen LogP contribution is 2.33. The van der Waals surface area contributed by atoms with Crippen LogP contribution in [0, 0.1) is 5.92 Å². The van der Waals surface area contributed by atoms with Crippen molar-refractivity contribution in [2.75, 3.05) is 19.8 Å². The van der Waals surface area contributed by atoms with Crippen molar-refractivity contribution < 1.29 is 33.8 Å². The summed E-state index contributed by atoms with van der Waals surface area (Å²) < 4.78 is 8.62. The van der Waals surface area contributed by atoms with E-state index < -0.39 is 38.3 Å². The fourth-order valence-electron chi connectivity index (χ4n) is 1.46. The smallest absolute Gasteiger partial charge is 0.310 e. The Morgan fingerprint density at radius 2 is 1.71 bits per heavy atom. The predicted molar refractivity (Wildman–Crippen MR) is 95.1 cm³/mol. The fourth-order valence-corrected chi connectivity index (χ4v) is 1.88. The van der Waals surface area contributed by atoms with Crippen molar-refractivity contribution in [3.63, 3.8) is 0 Å². The van der Waals surface area contributed by atoms with E-state index in [0.717, 1.165) is 0 Å². The number of alkyl halides is 3. The second-order valence-corrected chi connectivity index (χ2v) is 11.4. The molecule has 24 heavy (non-hydrogen) atoms. The number of hydrogen-bond acceptors (Lipinski definition) is 6. The van der Waals surface area contributed by atoms with Crippen molar-refractivity contribution in [3.8, 4) is 0 Å². The van der Waals surface area contributed by atoms with Gasteiger partial charge in [0.05, 0.1) is 31.9 Å². The SMILES string of the molecule is CCCOC(=O)CC(CC(=O)O)C(=O)OCCNC(=O)C(Br)(Br)Br. The third-order valence-corrected chi connectivity index (χ3v) is 3.60. The molecular formula is C13H18Br3NO7. The second kappa shape index (κ2) is 11.8. The number of ether oxygens (including phenoxy) is 2. The lowest BCUT2D eigenvalue weighted by molar-refractivity contribution is -0.158. The number of carboxylic acids is 1. The minimum Gasteiger partial charge on any atom is -0.481 e. The number of nitrogens with one attached hydrogen (secondary N) is 1. The van der Waals surface area contributed by atoms with Gasteiger partial charge in [-0.15, -0.1) is 0 Å². The van der Waals surface area contributed by atoms with Crippen molar-refractivity contribution in [1.82, 2.24) is 5.32 Å². The predicted octanol–water partition coefficient (Wildman–Crippen LogP) is 1.92. The zero-order valence-corrected chi connectivity index (χ0v) is 17.6. The molecule has 0 aliphatic heterocycles. The molecule has 11 heteroatoms. The summed E-state index contributed by atoms with van der Waals surface area (Å²) in [5, 5.41) is 11.3. The third-order valence-electron chi connectivity index (χ3n) is 2.52. The summed E-state index contributed by atoms with van der Waals surface area (Å²) in [4.78, 5) is 45.7. The molecule has 138 valence electrons. The van der Waals surface area contributed by atoms with Crippen molar-refractivity contribution in [2.24, 2.45) is 5.92 Å². The van der Waals surface area contributed by atoms with Gasteiger partial charge in [0.1, 0.15) is 6.61 Å². The molecule has 0 aromatic rings. The molecule has 0 aliphatic rings. The molecule has 0 spiro atoms. The second-order valence-electron chi connectivity index (χ2n) is 4.64.